The summed E-state index contributed by atoms with van der Waals surface area (Å²) in [6.45, 7) is 0.636. The number of hydrogen-bond acceptors (Lipinski definition) is 2. The molecule has 2 aromatic carbocycles. The minimum atomic E-state index is -3.34. The van der Waals surface area contributed by atoms with E-state index in [2.05, 4.69) is 9.29 Å². The molecule has 6 heteroatoms. The Kier molecular flexibility index (Phi) is 4.91. The molecule has 27 heavy (non-hydrogen) atoms. The lowest BCUT2D eigenvalue weighted by Crippen LogP contribution is -2.29. The van der Waals surface area contributed by atoms with Crippen LogP contribution in [-0.4, -0.2) is 18.2 Å². The monoisotopic (exact) mass is 386 g/mol. The predicted octanol–water partition coefficient (Wildman–Crippen LogP) is 4.90. The third-order valence-corrected chi connectivity index (χ3v) is 7.16. The number of rotatable bonds is 5. The van der Waals surface area contributed by atoms with Gasteiger partial charge in [-0.05, 0) is 54.8 Å². The van der Waals surface area contributed by atoms with Crippen LogP contribution in [0.3, 0.4) is 0 Å². The maximum atomic E-state index is 13.1. The van der Waals surface area contributed by atoms with Crippen LogP contribution < -0.4 is 4.72 Å². The van der Waals surface area contributed by atoms with Crippen molar-refractivity contribution in [2.45, 2.75) is 43.9 Å². The van der Waals surface area contributed by atoms with Crippen LogP contribution in [0.4, 0.5) is 10.1 Å². The van der Waals surface area contributed by atoms with Gasteiger partial charge in [0.25, 0.3) is 0 Å². The topological polar surface area (TPSA) is 51.1 Å². The highest BCUT2D eigenvalue weighted by Crippen LogP contribution is 2.27. The molecule has 1 aliphatic rings. The third-order valence-electron chi connectivity index (χ3n) is 5.29. The number of halogens is 1. The summed E-state index contributed by atoms with van der Waals surface area (Å²) in [4.78, 5) is 0. The molecule has 0 atom stereocenters. The molecule has 1 fully saturated rings. The summed E-state index contributed by atoms with van der Waals surface area (Å²) < 4.78 is 43.1. The Morgan fingerprint density at radius 2 is 1.74 bits per heavy atom. The molecule has 4 nitrogen and oxygen atoms in total. The van der Waals surface area contributed by atoms with Crippen molar-refractivity contribution >= 4 is 26.6 Å². The van der Waals surface area contributed by atoms with E-state index < -0.39 is 10.0 Å². The van der Waals surface area contributed by atoms with Gasteiger partial charge in [0.2, 0.25) is 10.0 Å². The Morgan fingerprint density at radius 1 is 1.00 bits per heavy atom. The van der Waals surface area contributed by atoms with Crippen molar-refractivity contribution in [2.75, 3.05) is 4.72 Å². The Labute approximate surface area is 159 Å². The second-order valence-corrected chi connectivity index (χ2v) is 9.21. The van der Waals surface area contributed by atoms with Gasteiger partial charge in [0.05, 0.1) is 5.25 Å². The highest BCUT2D eigenvalue weighted by atomic mass is 32.2. The molecule has 0 saturated heterocycles. The summed E-state index contributed by atoms with van der Waals surface area (Å²) in [7, 11) is -3.34. The van der Waals surface area contributed by atoms with Gasteiger partial charge in [-0.3, -0.25) is 4.72 Å². The van der Waals surface area contributed by atoms with Crippen molar-refractivity contribution in [3.8, 4) is 0 Å². The first-order chi connectivity index (χ1) is 13.0. The van der Waals surface area contributed by atoms with Gasteiger partial charge in [-0.25, -0.2) is 12.8 Å². The van der Waals surface area contributed by atoms with E-state index in [1.54, 1.807) is 12.1 Å². The zero-order valence-corrected chi connectivity index (χ0v) is 15.9. The predicted molar refractivity (Wildman–Crippen MR) is 107 cm³/mol. The lowest BCUT2D eigenvalue weighted by atomic mass is 10.0. The van der Waals surface area contributed by atoms with E-state index in [1.807, 2.05) is 30.5 Å². The molecule has 0 unspecified atom stereocenters. The van der Waals surface area contributed by atoms with E-state index in [1.165, 1.54) is 12.1 Å². The van der Waals surface area contributed by atoms with Crippen LogP contribution in [0.25, 0.3) is 10.9 Å². The minimum absolute atomic E-state index is 0.244. The average Bonchev–Trinajstić information content (AvgIpc) is 3.06. The summed E-state index contributed by atoms with van der Waals surface area (Å²) in [5, 5.41) is 0.686. The summed E-state index contributed by atoms with van der Waals surface area (Å²) in [5.74, 6) is -0.244. The van der Waals surface area contributed by atoms with Crippen LogP contribution in [0, 0.1) is 5.82 Å². The SMILES string of the molecule is O=S(=O)(Nc1ccc2c(ccn2Cc2ccc(F)cc2)c1)C1CCCCC1. The number of fused-ring (bicyclic) bond motifs is 1. The fraction of sp³-hybridized carbons (Fsp3) is 0.333. The molecule has 4 rings (SSSR count). The molecule has 0 spiro atoms. The maximum Gasteiger partial charge on any atom is 0.235 e. The number of anilines is 1. The molecular formula is C21H23FN2O2S. The summed E-state index contributed by atoms with van der Waals surface area (Å²) >= 11 is 0. The van der Waals surface area contributed by atoms with Gasteiger partial charge in [0.1, 0.15) is 5.82 Å². The normalized spacial score (nSPS) is 15.9. The van der Waals surface area contributed by atoms with E-state index in [-0.39, 0.29) is 11.1 Å². The van der Waals surface area contributed by atoms with Gasteiger partial charge in [0, 0.05) is 29.3 Å². The summed E-state index contributed by atoms with van der Waals surface area (Å²) in [6.07, 6.45) is 6.54. The molecule has 0 aliphatic heterocycles. The smallest absolute Gasteiger partial charge is 0.235 e. The number of nitrogens with one attached hydrogen (secondary N) is 1. The van der Waals surface area contributed by atoms with Crippen LogP contribution >= 0.6 is 0 Å². The van der Waals surface area contributed by atoms with Crippen molar-refractivity contribution in [1.29, 1.82) is 0 Å². The highest BCUT2D eigenvalue weighted by molar-refractivity contribution is 7.93. The lowest BCUT2D eigenvalue weighted by molar-refractivity contribution is 0.486. The fourth-order valence-electron chi connectivity index (χ4n) is 3.81. The molecule has 142 valence electrons. The molecule has 0 radical (unpaired) electrons. The van der Waals surface area contributed by atoms with Crippen LogP contribution in [-0.2, 0) is 16.6 Å². The summed E-state index contributed by atoms with van der Waals surface area (Å²) in [6, 6.07) is 14.0. The maximum absolute atomic E-state index is 13.1. The van der Waals surface area contributed by atoms with Gasteiger partial charge in [-0.15, -0.1) is 0 Å². The average molecular weight is 386 g/mol. The molecule has 0 amide bonds. The molecule has 1 aromatic heterocycles. The highest BCUT2D eigenvalue weighted by Gasteiger charge is 2.27. The number of benzene rings is 2. The zero-order valence-electron chi connectivity index (χ0n) is 15.1. The third kappa shape index (κ3) is 4.00. The van der Waals surface area contributed by atoms with Gasteiger partial charge < -0.3 is 4.57 Å². The molecular weight excluding hydrogens is 363 g/mol. The van der Waals surface area contributed by atoms with Crippen LogP contribution in [0.15, 0.2) is 54.7 Å². The Bertz CT molecular complexity index is 1040. The van der Waals surface area contributed by atoms with Crippen LogP contribution in [0.2, 0.25) is 0 Å². The number of nitrogens with zero attached hydrogens (tertiary/aromatic N) is 1. The van der Waals surface area contributed by atoms with E-state index in [4.69, 9.17) is 0 Å². The van der Waals surface area contributed by atoms with Crippen molar-refractivity contribution in [3.05, 3.63) is 66.1 Å². The van der Waals surface area contributed by atoms with Crippen molar-refractivity contribution < 1.29 is 12.8 Å². The Hall–Kier alpha value is -2.34. The summed E-state index contributed by atoms with van der Waals surface area (Å²) in [5.41, 5.74) is 2.63. The van der Waals surface area contributed by atoms with Crippen molar-refractivity contribution in [2.24, 2.45) is 0 Å². The van der Waals surface area contributed by atoms with Crippen molar-refractivity contribution in [3.63, 3.8) is 0 Å². The molecule has 1 saturated carbocycles. The van der Waals surface area contributed by atoms with E-state index in [0.29, 0.717) is 12.2 Å². The standard InChI is InChI=1S/C21H23FN2O2S/c22-18-8-6-16(7-9-18)15-24-13-12-17-14-19(10-11-21(17)24)23-27(25,26)20-4-2-1-3-5-20/h6-14,20,23H,1-5,15H2. The Morgan fingerprint density at radius 3 is 2.48 bits per heavy atom. The number of hydrogen-bond donors (Lipinski definition) is 1. The second-order valence-electron chi connectivity index (χ2n) is 7.25. The van der Waals surface area contributed by atoms with E-state index >= 15 is 0 Å². The molecule has 3 aromatic rings. The first-order valence-corrected chi connectivity index (χ1v) is 10.9. The number of aromatic nitrogens is 1. The van der Waals surface area contributed by atoms with Gasteiger partial charge >= 0.3 is 0 Å². The molecule has 0 bridgehead atoms. The first-order valence-electron chi connectivity index (χ1n) is 9.36. The Balaban J connectivity index is 1.54. The number of sulfonamides is 1. The second kappa shape index (κ2) is 7.35. The zero-order chi connectivity index (χ0) is 18.9. The molecule has 1 N–H and O–H groups in total. The molecule has 1 heterocycles. The first kappa shape index (κ1) is 18.0. The van der Waals surface area contributed by atoms with Gasteiger partial charge in [0.15, 0.2) is 0 Å². The van der Waals surface area contributed by atoms with Crippen molar-refractivity contribution in [1.82, 2.24) is 4.57 Å². The van der Waals surface area contributed by atoms with Crippen LogP contribution in [0.5, 0.6) is 0 Å². The lowest BCUT2D eigenvalue weighted by Gasteiger charge is -2.22. The quantitative estimate of drug-likeness (QED) is 0.678. The fourth-order valence-corrected chi connectivity index (χ4v) is 5.39. The minimum Gasteiger partial charge on any atom is -0.343 e. The molecule has 1 aliphatic carbocycles. The van der Waals surface area contributed by atoms with Crippen LogP contribution in [0.1, 0.15) is 37.7 Å². The van der Waals surface area contributed by atoms with E-state index in [0.717, 1.165) is 48.6 Å². The van der Waals surface area contributed by atoms with E-state index in [9.17, 15) is 12.8 Å². The van der Waals surface area contributed by atoms with Gasteiger partial charge in [-0.2, -0.15) is 0 Å². The van der Waals surface area contributed by atoms with Gasteiger partial charge in [-0.1, -0.05) is 31.4 Å². The largest absolute Gasteiger partial charge is 0.343 e.